The summed E-state index contributed by atoms with van der Waals surface area (Å²) in [6.07, 6.45) is -3.11. The van der Waals surface area contributed by atoms with Crippen LogP contribution in [0.4, 0.5) is 13.2 Å². The molecular formula is C12H15F3N2O3. The Morgan fingerprint density at radius 1 is 1.45 bits per heavy atom. The van der Waals surface area contributed by atoms with Crippen molar-refractivity contribution in [3.63, 3.8) is 0 Å². The van der Waals surface area contributed by atoms with E-state index < -0.39 is 18.4 Å². The average molecular weight is 292 g/mol. The summed E-state index contributed by atoms with van der Waals surface area (Å²) >= 11 is 0. The lowest BCUT2D eigenvalue weighted by Gasteiger charge is -2.07. The van der Waals surface area contributed by atoms with Crippen molar-refractivity contribution in [3.8, 4) is 0 Å². The van der Waals surface area contributed by atoms with Crippen LogP contribution in [0.25, 0.3) is 0 Å². The van der Waals surface area contributed by atoms with Crippen molar-refractivity contribution >= 4 is 5.97 Å². The van der Waals surface area contributed by atoms with Crippen LogP contribution >= 0.6 is 0 Å². The summed E-state index contributed by atoms with van der Waals surface area (Å²) in [5, 5.41) is 3.19. The molecule has 0 aromatic carbocycles. The molecule has 1 aliphatic rings. The van der Waals surface area contributed by atoms with Gasteiger partial charge in [-0.25, -0.2) is 0 Å². The molecule has 1 aromatic heterocycles. The molecule has 0 radical (unpaired) electrons. The second-order valence-electron chi connectivity index (χ2n) is 5.12. The van der Waals surface area contributed by atoms with Crippen LogP contribution in [-0.4, -0.2) is 22.3 Å². The minimum absolute atomic E-state index is 0.122. The van der Waals surface area contributed by atoms with Gasteiger partial charge in [-0.15, -0.1) is 0 Å². The fourth-order valence-corrected chi connectivity index (χ4v) is 2.27. The van der Waals surface area contributed by atoms with Gasteiger partial charge < -0.3 is 9.26 Å². The van der Waals surface area contributed by atoms with Gasteiger partial charge in [0.1, 0.15) is 6.42 Å². The molecule has 0 aliphatic heterocycles. The van der Waals surface area contributed by atoms with Gasteiger partial charge in [0.25, 0.3) is 5.89 Å². The van der Waals surface area contributed by atoms with Gasteiger partial charge in [0.2, 0.25) is 0 Å². The summed E-state index contributed by atoms with van der Waals surface area (Å²) in [7, 11) is 0. The van der Waals surface area contributed by atoms with Gasteiger partial charge in [0.15, 0.2) is 12.4 Å². The Balaban J connectivity index is 1.81. The first-order valence-corrected chi connectivity index (χ1v) is 6.38. The summed E-state index contributed by atoms with van der Waals surface area (Å²) in [5.41, 5.74) is 0. The van der Waals surface area contributed by atoms with E-state index in [1.807, 2.05) is 0 Å². The molecule has 2 atom stereocenters. The molecule has 0 saturated heterocycles. The maximum absolute atomic E-state index is 12.1. The van der Waals surface area contributed by atoms with Crippen molar-refractivity contribution < 1.29 is 27.2 Å². The normalized spacial score (nSPS) is 23.0. The van der Waals surface area contributed by atoms with E-state index in [0.29, 0.717) is 5.92 Å². The van der Waals surface area contributed by atoms with E-state index >= 15 is 0 Å². The molecule has 1 aromatic rings. The van der Waals surface area contributed by atoms with E-state index in [4.69, 9.17) is 4.74 Å². The van der Waals surface area contributed by atoms with Crippen molar-refractivity contribution in [1.82, 2.24) is 10.1 Å². The molecule has 1 fully saturated rings. The number of ether oxygens (including phenoxy) is 1. The quantitative estimate of drug-likeness (QED) is 0.798. The molecule has 0 spiro atoms. The molecular weight excluding hydrogens is 277 g/mol. The SMILES string of the molecule is CC1CCC(C(=O)OCc2nc(CC(F)(F)F)no2)C1. The second kappa shape index (κ2) is 5.80. The van der Waals surface area contributed by atoms with Crippen LogP contribution < -0.4 is 0 Å². The molecule has 0 N–H and O–H groups in total. The van der Waals surface area contributed by atoms with E-state index in [-0.39, 0.29) is 24.4 Å². The smallest absolute Gasteiger partial charge is 0.396 e. The molecule has 0 bridgehead atoms. The van der Waals surface area contributed by atoms with E-state index in [1.54, 1.807) is 0 Å². The maximum atomic E-state index is 12.1. The van der Waals surface area contributed by atoms with Gasteiger partial charge in [-0.2, -0.15) is 18.2 Å². The molecule has 2 rings (SSSR count). The second-order valence-corrected chi connectivity index (χ2v) is 5.12. The number of nitrogens with zero attached hydrogens (tertiary/aromatic N) is 2. The summed E-state index contributed by atoms with van der Waals surface area (Å²) in [4.78, 5) is 15.2. The highest BCUT2D eigenvalue weighted by atomic mass is 19.4. The first-order valence-electron chi connectivity index (χ1n) is 6.38. The van der Waals surface area contributed by atoms with Crippen LogP contribution in [0.3, 0.4) is 0 Å². The highest BCUT2D eigenvalue weighted by Gasteiger charge is 2.31. The third-order valence-corrected chi connectivity index (χ3v) is 3.23. The summed E-state index contributed by atoms with van der Waals surface area (Å²) in [6.45, 7) is 1.78. The van der Waals surface area contributed by atoms with Crippen molar-refractivity contribution in [3.05, 3.63) is 11.7 Å². The zero-order valence-electron chi connectivity index (χ0n) is 10.9. The number of carbonyl (C=O) groups excluding carboxylic acids is 1. The predicted molar refractivity (Wildman–Crippen MR) is 60.4 cm³/mol. The number of aromatic nitrogens is 2. The Bertz CT molecular complexity index is 473. The lowest BCUT2D eigenvalue weighted by Crippen LogP contribution is -2.15. The van der Waals surface area contributed by atoms with E-state index in [9.17, 15) is 18.0 Å². The Kier molecular flexibility index (Phi) is 4.29. The molecule has 112 valence electrons. The van der Waals surface area contributed by atoms with Crippen molar-refractivity contribution in [2.45, 2.75) is 45.4 Å². The Labute approximate surface area is 113 Å². The Morgan fingerprint density at radius 3 is 2.80 bits per heavy atom. The largest absolute Gasteiger partial charge is 0.455 e. The number of hydrogen-bond donors (Lipinski definition) is 0. The zero-order chi connectivity index (χ0) is 14.8. The van der Waals surface area contributed by atoms with Gasteiger partial charge in [-0.05, 0) is 25.2 Å². The van der Waals surface area contributed by atoms with Crippen molar-refractivity contribution in [2.75, 3.05) is 0 Å². The van der Waals surface area contributed by atoms with Crippen molar-refractivity contribution in [1.29, 1.82) is 0 Å². The predicted octanol–water partition coefficient (Wildman–Crippen LogP) is 2.65. The average Bonchev–Trinajstić information content (AvgIpc) is 2.93. The lowest BCUT2D eigenvalue weighted by atomic mass is 10.1. The molecule has 5 nitrogen and oxygen atoms in total. The minimum Gasteiger partial charge on any atom is -0.455 e. The summed E-state index contributed by atoms with van der Waals surface area (Å²) < 4.78 is 45.9. The minimum atomic E-state index is -4.39. The lowest BCUT2D eigenvalue weighted by molar-refractivity contribution is -0.150. The first-order chi connectivity index (χ1) is 9.33. The number of alkyl halides is 3. The zero-order valence-corrected chi connectivity index (χ0v) is 10.9. The van der Waals surface area contributed by atoms with Gasteiger partial charge in [-0.3, -0.25) is 4.79 Å². The van der Waals surface area contributed by atoms with Gasteiger partial charge in [-0.1, -0.05) is 12.1 Å². The fraction of sp³-hybridized carbons (Fsp3) is 0.750. The van der Waals surface area contributed by atoms with Gasteiger partial charge >= 0.3 is 12.1 Å². The third kappa shape index (κ3) is 4.21. The van der Waals surface area contributed by atoms with Gasteiger partial charge in [0.05, 0.1) is 5.92 Å². The summed E-state index contributed by atoms with van der Waals surface area (Å²) in [6, 6.07) is 0. The highest BCUT2D eigenvalue weighted by Crippen LogP contribution is 2.31. The highest BCUT2D eigenvalue weighted by molar-refractivity contribution is 5.72. The fourth-order valence-electron chi connectivity index (χ4n) is 2.27. The van der Waals surface area contributed by atoms with E-state index in [2.05, 4.69) is 21.6 Å². The topological polar surface area (TPSA) is 65.2 Å². The Hall–Kier alpha value is -1.60. The molecule has 1 heterocycles. The molecule has 2 unspecified atom stereocenters. The van der Waals surface area contributed by atoms with Crippen LogP contribution in [0.1, 0.15) is 37.9 Å². The van der Waals surface area contributed by atoms with E-state index in [0.717, 1.165) is 19.3 Å². The van der Waals surface area contributed by atoms with Crippen LogP contribution in [0.5, 0.6) is 0 Å². The number of carbonyl (C=O) groups is 1. The number of rotatable bonds is 4. The van der Waals surface area contributed by atoms with Crippen molar-refractivity contribution in [2.24, 2.45) is 11.8 Å². The number of hydrogen-bond acceptors (Lipinski definition) is 5. The van der Waals surface area contributed by atoms with Gasteiger partial charge in [0, 0.05) is 0 Å². The molecule has 1 aliphatic carbocycles. The monoisotopic (exact) mass is 292 g/mol. The number of esters is 1. The first kappa shape index (κ1) is 14.8. The van der Waals surface area contributed by atoms with Crippen LogP contribution in [0.2, 0.25) is 0 Å². The molecule has 20 heavy (non-hydrogen) atoms. The molecule has 8 heteroatoms. The van der Waals surface area contributed by atoms with Crippen LogP contribution in [-0.2, 0) is 22.6 Å². The molecule has 1 saturated carbocycles. The number of halogens is 3. The van der Waals surface area contributed by atoms with Crippen LogP contribution in [0.15, 0.2) is 4.52 Å². The third-order valence-electron chi connectivity index (χ3n) is 3.23. The maximum Gasteiger partial charge on any atom is 0.396 e. The summed E-state index contributed by atoms with van der Waals surface area (Å²) in [5.74, 6) is -0.580. The Morgan fingerprint density at radius 2 is 2.20 bits per heavy atom. The van der Waals surface area contributed by atoms with E-state index in [1.165, 1.54) is 0 Å². The van der Waals surface area contributed by atoms with Crippen LogP contribution in [0, 0.1) is 11.8 Å². The standard InChI is InChI=1S/C12H15F3N2O3/c1-7-2-3-8(4-7)11(18)19-6-10-16-9(17-20-10)5-12(13,14)15/h7-8H,2-6H2,1H3. The molecule has 0 amide bonds.